The summed E-state index contributed by atoms with van der Waals surface area (Å²) in [5, 5.41) is 4.96. The van der Waals surface area contributed by atoms with Crippen LogP contribution in [0.1, 0.15) is 47.1 Å². The van der Waals surface area contributed by atoms with Crippen molar-refractivity contribution in [2.24, 2.45) is 0 Å². The van der Waals surface area contributed by atoms with Crippen molar-refractivity contribution in [1.82, 2.24) is 15.5 Å². The van der Waals surface area contributed by atoms with Gasteiger partial charge in [-0.3, -0.25) is 0 Å². The predicted molar refractivity (Wildman–Crippen MR) is 128 cm³/mol. The molecule has 196 valence electrons. The van der Waals surface area contributed by atoms with Gasteiger partial charge in [0.15, 0.2) is 0 Å². The third kappa shape index (κ3) is 13.1. The fourth-order valence-electron chi connectivity index (χ4n) is 2.64. The summed E-state index contributed by atoms with van der Waals surface area (Å²) in [6.07, 6.45) is -2.26. The summed E-state index contributed by atoms with van der Waals surface area (Å²) in [5.41, 5.74) is -0.730. The molecule has 1 rings (SSSR count). The Morgan fingerprint density at radius 2 is 1.51 bits per heavy atom. The zero-order valence-corrected chi connectivity index (χ0v) is 21.5. The predicted octanol–water partition coefficient (Wildman–Crippen LogP) is 3.22. The van der Waals surface area contributed by atoms with Crippen LogP contribution >= 0.6 is 0 Å². The number of alkyl carbamates (subject to hydrolysis) is 2. The first-order valence-corrected chi connectivity index (χ1v) is 11.2. The summed E-state index contributed by atoms with van der Waals surface area (Å²) in [6.45, 7) is 9.96. The van der Waals surface area contributed by atoms with Crippen LogP contribution in [0.5, 0.6) is 0 Å². The number of methoxy groups -OCH3 is 1. The van der Waals surface area contributed by atoms with Gasteiger partial charge >= 0.3 is 24.2 Å². The molecule has 0 aliphatic carbocycles. The maximum atomic E-state index is 12.8. The topological polar surface area (TPSA) is 132 Å². The van der Waals surface area contributed by atoms with Crippen LogP contribution in [0.25, 0.3) is 0 Å². The zero-order valence-electron chi connectivity index (χ0n) is 21.5. The van der Waals surface area contributed by atoms with Crippen molar-refractivity contribution in [2.75, 3.05) is 26.7 Å². The molecule has 11 nitrogen and oxygen atoms in total. The second-order valence-corrected chi connectivity index (χ2v) is 9.64. The largest absolute Gasteiger partial charge is 0.467 e. The number of carbonyl (C=O) groups excluding carboxylic acids is 4. The minimum atomic E-state index is -1.24. The highest BCUT2D eigenvalue weighted by Crippen LogP contribution is 2.11. The van der Waals surface area contributed by atoms with Gasteiger partial charge in [-0.1, -0.05) is 30.3 Å². The number of nitrogens with one attached hydrogen (secondary N) is 2. The lowest BCUT2D eigenvalue weighted by Gasteiger charge is -2.30. The third-order valence-corrected chi connectivity index (χ3v) is 4.10. The van der Waals surface area contributed by atoms with Crippen LogP contribution in [0.3, 0.4) is 0 Å². The van der Waals surface area contributed by atoms with Crippen LogP contribution in [0, 0.1) is 0 Å². The first kappa shape index (κ1) is 29.5. The van der Waals surface area contributed by atoms with E-state index in [1.807, 2.05) is 6.07 Å². The number of benzene rings is 1. The highest BCUT2D eigenvalue weighted by molar-refractivity contribution is 5.82. The second-order valence-electron chi connectivity index (χ2n) is 9.64. The number of hydrogen-bond acceptors (Lipinski definition) is 8. The quantitative estimate of drug-likeness (QED) is 0.394. The van der Waals surface area contributed by atoms with Crippen molar-refractivity contribution in [3.63, 3.8) is 0 Å². The van der Waals surface area contributed by atoms with E-state index in [0.717, 1.165) is 12.7 Å². The van der Waals surface area contributed by atoms with Crippen LogP contribution in [0.4, 0.5) is 14.4 Å². The van der Waals surface area contributed by atoms with Gasteiger partial charge in [-0.05, 0) is 47.1 Å². The van der Waals surface area contributed by atoms with E-state index in [4.69, 9.17) is 18.9 Å². The average molecular weight is 496 g/mol. The van der Waals surface area contributed by atoms with Gasteiger partial charge in [0.25, 0.3) is 0 Å². The van der Waals surface area contributed by atoms with Gasteiger partial charge < -0.3 is 34.5 Å². The van der Waals surface area contributed by atoms with E-state index in [-0.39, 0.29) is 26.2 Å². The monoisotopic (exact) mass is 495 g/mol. The summed E-state index contributed by atoms with van der Waals surface area (Å²) in [5.74, 6) is -0.782. The van der Waals surface area contributed by atoms with E-state index in [0.29, 0.717) is 0 Å². The SMILES string of the molecule is COC(=O)[C@H](CN(CCNC(=O)OC(C)(C)C)C(=O)OC(C)(C)C)NC(=O)OCc1ccccc1. The maximum absolute atomic E-state index is 12.8. The van der Waals surface area contributed by atoms with Crippen LogP contribution in [0.2, 0.25) is 0 Å². The van der Waals surface area contributed by atoms with Crippen molar-refractivity contribution in [3.05, 3.63) is 35.9 Å². The lowest BCUT2D eigenvalue weighted by molar-refractivity contribution is -0.143. The molecule has 3 amide bonds. The minimum Gasteiger partial charge on any atom is -0.467 e. The number of ether oxygens (including phenoxy) is 4. The standard InChI is InChI=1S/C24H37N3O8/c1-23(2,3)34-20(29)25-13-14-27(22(31)35-24(4,5)6)15-18(19(28)32-7)26-21(30)33-16-17-11-9-8-10-12-17/h8-12,18H,13-16H2,1-7H3,(H,25,29)(H,26,30)/t18-/m0/s1. The van der Waals surface area contributed by atoms with Gasteiger partial charge in [-0.15, -0.1) is 0 Å². The molecule has 1 aromatic rings. The van der Waals surface area contributed by atoms with Crippen LogP contribution in [-0.4, -0.2) is 73.1 Å². The summed E-state index contributed by atoms with van der Waals surface area (Å²) in [7, 11) is 1.16. The summed E-state index contributed by atoms with van der Waals surface area (Å²) >= 11 is 0. The average Bonchev–Trinajstić information content (AvgIpc) is 2.74. The fraction of sp³-hybridized carbons (Fsp3) is 0.583. The van der Waals surface area contributed by atoms with Crippen LogP contribution < -0.4 is 10.6 Å². The van der Waals surface area contributed by atoms with E-state index in [1.54, 1.807) is 65.8 Å². The first-order valence-electron chi connectivity index (χ1n) is 11.2. The number of nitrogens with zero attached hydrogens (tertiary/aromatic N) is 1. The Labute approximate surface area is 206 Å². The molecule has 11 heteroatoms. The number of esters is 1. The maximum Gasteiger partial charge on any atom is 0.410 e. The number of hydrogen-bond donors (Lipinski definition) is 2. The molecule has 0 saturated carbocycles. The van der Waals surface area contributed by atoms with Gasteiger partial charge in [0.05, 0.1) is 13.7 Å². The van der Waals surface area contributed by atoms with Crippen LogP contribution in [0.15, 0.2) is 30.3 Å². The van der Waals surface area contributed by atoms with E-state index < -0.39 is 41.5 Å². The number of rotatable bonds is 9. The molecule has 0 unspecified atom stereocenters. The van der Waals surface area contributed by atoms with Crippen LogP contribution in [-0.2, 0) is 30.3 Å². The molecule has 0 radical (unpaired) electrons. The van der Waals surface area contributed by atoms with Gasteiger partial charge in [0.2, 0.25) is 0 Å². The van der Waals surface area contributed by atoms with E-state index >= 15 is 0 Å². The molecule has 0 spiro atoms. The van der Waals surface area contributed by atoms with Crippen molar-refractivity contribution < 1.29 is 38.1 Å². The van der Waals surface area contributed by atoms with Gasteiger partial charge in [0.1, 0.15) is 23.9 Å². The lowest BCUT2D eigenvalue weighted by Crippen LogP contribution is -2.52. The van der Waals surface area contributed by atoms with E-state index in [9.17, 15) is 19.2 Å². The molecule has 0 aliphatic rings. The molecular formula is C24H37N3O8. The molecule has 0 aliphatic heterocycles. The smallest absolute Gasteiger partial charge is 0.410 e. The molecule has 2 N–H and O–H groups in total. The summed E-state index contributed by atoms with van der Waals surface area (Å²) in [4.78, 5) is 50.5. The molecule has 0 heterocycles. The normalized spacial score (nSPS) is 12.1. The van der Waals surface area contributed by atoms with Gasteiger partial charge in [0, 0.05) is 13.1 Å². The summed E-state index contributed by atoms with van der Waals surface area (Å²) < 4.78 is 20.5. The second kappa shape index (κ2) is 13.4. The third-order valence-electron chi connectivity index (χ3n) is 4.10. The van der Waals surface area contributed by atoms with Crippen molar-refractivity contribution in [1.29, 1.82) is 0 Å². The molecule has 1 atom stereocenters. The van der Waals surface area contributed by atoms with Crippen molar-refractivity contribution >= 4 is 24.2 Å². The molecule has 0 aromatic heterocycles. The van der Waals surface area contributed by atoms with Crippen molar-refractivity contribution in [3.8, 4) is 0 Å². The lowest BCUT2D eigenvalue weighted by atomic mass is 10.2. The molecule has 1 aromatic carbocycles. The number of carbonyl (C=O) groups is 4. The zero-order chi connectivity index (χ0) is 26.6. The Balaban J connectivity index is 2.85. The minimum absolute atomic E-state index is 0.00382. The molecule has 35 heavy (non-hydrogen) atoms. The first-order chi connectivity index (χ1) is 16.2. The Hall–Kier alpha value is -3.50. The fourth-order valence-corrected chi connectivity index (χ4v) is 2.64. The van der Waals surface area contributed by atoms with Gasteiger partial charge in [-0.25, -0.2) is 19.2 Å². The summed E-state index contributed by atoms with van der Waals surface area (Å²) in [6, 6.07) is 7.77. The molecule has 0 fully saturated rings. The van der Waals surface area contributed by atoms with E-state index in [1.165, 1.54) is 4.90 Å². The Kier molecular flexibility index (Phi) is 11.3. The Morgan fingerprint density at radius 3 is 2.06 bits per heavy atom. The highest BCUT2D eigenvalue weighted by Gasteiger charge is 2.30. The number of amides is 3. The van der Waals surface area contributed by atoms with Gasteiger partial charge in [-0.2, -0.15) is 0 Å². The molecular weight excluding hydrogens is 458 g/mol. The Bertz CT molecular complexity index is 847. The van der Waals surface area contributed by atoms with Crippen molar-refractivity contribution in [2.45, 2.75) is 65.4 Å². The van der Waals surface area contributed by atoms with E-state index in [2.05, 4.69) is 10.6 Å². The molecule has 0 bridgehead atoms. The Morgan fingerprint density at radius 1 is 0.914 bits per heavy atom. The highest BCUT2D eigenvalue weighted by atomic mass is 16.6. The molecule has 0 saturated heterocycles.